The Balaban J connectivity index is 1.48. The molecule has 3 rings (SSSR count). The molecule has 2 aromatic carbocycles. The van der Waals surface area contributed by atoms with E-state index in [4.69, 9.17) is 4.74 Å². The van der Waals surface area contributed by atoms with Crippen LogP contribution in [0, 0.1) is 11.7 Å². The quantitative estimate of drug-likeness (QED) is 0.694. The van der Waals surface area contributed by atoms with Crippen LogP contribution in [-0.2, 0) is 22.6 Å². The van der Waals surface area contributed by atoms with Gasteiger partial charge in [-0.3, -0.25) is 9.59 Å². The molecule has 29 heavy (non-hydrogen) atoms. The topological polar surface area (TPSA) is 58.6 Å². The summed E-state index contributed by atoms with van der Waals surface area (Å²) in [6, 6.07) is 14.0. The highest BCUT2D eigenvalue weighted by Crippen LogP contribution is 2.24. The molecule has 6 heteroatoms. The lowest BCUT2D eigenvalue weighted by atomic mass is 9.96. The maximum Gasteiger partial charge on any atom is 0.224 e. The number of para-hydroxylation sites is 1. The van der Waals surface area contributed by atoms with Crippen LogP contribution in [0.4, 0.5) is 4.39 Å². The van der Waals surface area contributed by atoms with Crippen molar-refractivity contribution in [2.45, 2.75) is 32.2 Å². The van der Waals surface area contributed by atoms with Gasteiger partial charge < -0.3 is 15.0 Å². The Morgan fingerprint density at radius 1 is 1.21 bits per heavy atom. The molecule has 0 aliphatic carbocycles. The van der Waals surface area contributed by atoms with E-state index in [-0.39, 0.29) is 23.5 Å². The molecular weight excluding hydrogens is 371 g/mol. The molecule has 1 aliphatic heterocycles. The van der Waals surface area contributed by atoms with E-state index < -0.39 is 0 Å². The number of hydrogen-bond donors (Lipinski definition) is 1. The highest BCUT2D eigenvalue weighted by atomic mass is 19.1. The number of benzene rings is 2. The minimum absolute atomic E-state index is 0.0124. The van der Waals surface area contributed by atoms with Crippen molar-refractivity contribution in [2.24, 2.45) is 5.92 Å². The van der Waals surface area contributed by atoms with Crippen molar-refractivity contribution in [3.63, 3.8) is 0 Å². The van der Waals surface area contributed by atoms with Crippen LogP contribution in [0.1, 0.15) is 30.4 Å². The highest BCUT2D eigenvalue weighted by Gasteiger charge is 2.30. The van der Waals surface area contributed by atoms with E-state index >= 15 is 0 Å². The van der Waals surface area contributed by atoms with Gasteiger partial charge in [-0.25, -0.2) is 4.39 Å². The molecule has 1 saturated heterocycles. The van der Waals surface area contributed by atoms with Crippen LogP contribution in [0.25, 0.3) is 0 Å². The Kier molecular flexibility index (Phi) is 7.22. The van der Waals surface area contributed by atoms with E-state index in [1.54, 1.807) is 24.1 Å². The van der Waals surface area contributed by atoms with Crippen molar-refractivity contribution in [2.75, 3.05) is 20.2 Å². The molecule has 0 spiro atoms. The highest BCUT2D eigenvalue weighted by molar-refractivity contribution is 5.83. The average molecular weight is 398 g/mol. The third kappa shape index (κ3) is 5.79. The maximum atomic E-state index is 12.9. The Morgan fingerprint density at radius 3 is 2.72 bits per heavy atom. The molecule has 0 bridgehead atoms. The second kappa shape index (κ2) is 10.0. The summed E-state index contributed by atoms with van der Waals surface area (Å²) in [5.74, 6) is 0.352. The number of hydrogen-bond acceptors (Lipinski definition) is 3. The van der Waals surface area contributed by atoms with Gasteiger partial charge in [-0.2, -0.15) is 0 Å². The Labute approximate surface area is 170 Å². The maximum absolute atomic E-state index is 12.9. The van der Waals surface area contributed by atoms with E-state index in [0.29, 0.717) is 32.5 Å². The summed E-state index contributed by atoms with van der Waals surface area (Å²) in [4.78, 5) is 26.6. The fourth-order valence-electron chi connectivity index (χ4n) is 3.62. The molecule has 1 fully saturated rings. The molecule has 0 unspecified atom stereocenters. The Bertz CT molecular complexity index is 838. The third-order valence-electron chi connectivity index (χ3n) is 5.28. The molecule has 2 aromatic rings. The van der Waals surface area contributed by atoms with Gasteiger partial charge in [0, 0.05) is 31.6 Å². The molecule has 0 aromatic heterocycles. The van der Waals surface area contributed by atoms with Crippen LogP contribution in [-0.4, -0.2) is 36.9 Å². The zero-order chi connectivity index (χ0) is 20.6. The molecule has 1 aliphatic rings. The van der Waals surface area contributed by atoms with Crippen LogP contribution in [0.15, 0.2) is 48.5 Å². The summed E-state index contributed by atoms with van der Waals surface area (Å²) in [5, 5.41) is 2.98. The fourth-order valence-corrected chi connectivity index (χ4v) is 3.62. The number of piperidine rings is 1. The van der Waals surface area contributed by atoms with Crippen LogP contribution >= 0.6 is 0 Å². The predicted molar refractivity (Wildman–Crippen MR) is 109 cm³/mol. The first-order valence-electron chi connectivity index (χ1n) is 9.98. The van der Waals surface area contributed by atoms with Gasteiger partial charge in [-0.05, 0) is 43.0 Å². The van der Waals surface area contributed by atoms with Gasteiger partial charge in [0.05, 0.1) is 13.0 Å². The molecule has 154 valence electrons. The van der Waals surface area contributed by atoms with Gasteiger partial charge in [0.25, 0.3) is 0 Å². The Hall–Kier alpha value is -2.89. The normalized spacial score (nSPS) is 16.6. The molecule has 0 saturated carbocycles. The second-order valence-electron chi connectivity index (χ2n) is 7.34. The molecule has 1 atom stereocenters. The minimum atomic E-state index is -0.244. The van der Waals surface area contributed by atoms with E-state index in [1.165, 1.54) is 12.1 Å². The number of halogens is 1. The SMILES string of the molecule is COc1ccccc1CN1C[C@H](C(=O)NCCCc2ccc(F)cc2)CCC1=O. The van der Waals surface area contributed by atoms with Crippen LogP contribution < -0.4 is 10.1 Å². The van der Waals surface area contributed by atoms with Gasteiger partial charge in [-0.1, -0.05) is 30.3 Å². The summed E-state index contributed by atoms with van der Waals surface area (Å²) < 4.78 is 18.3. The van der Waals surface area contributed by atoms with E-state index in [1.807, 2.05) is 24.3 Å². The number of amides is 2. The number of carbonyl (C=O) groups is 2. The fraction of sp³-hybridized carbons (Fsp3) is 0.391. The summed E-state index contributed by atoms with van der Waals surface area (Å²) in [6.07, 6.45) is 2.52. The first kappa shape index (κ1) is 20.8. The van der Waals surface area contributed by atoms with Crippen molar-refractivity contribution >= 4 is 11.8 Å². The summed E-state index contributed by atoms with van der Waals surface area (Å²) in [6.45, 7) is 1.42. The average Bonchev–Trinajstić information content (AvgIpc) is 2.74. The van der Waals surface area contributed by atoms with Crippen LogP contribution in [0.3, 0.4) is 0 Å². The van der Waals surface area contributed by atoms with Crippen molar-refractivity contribution in [3.05, 3.63) is 65.5 Å². The number of ether oxygens (including phenoxy) is 1. The third-order valence-corrected chi connectivity index (χ3v) is 5.28. The number of nitrogens with one attached hydrogen (secondary N) is 1. The van der Waals surface area contributed by atoms with Gasteiger partial charge in [0.15, 0.2) is 0 Å². The molecular formula is C23H27FN2O3. The lowest BCUT2D eigenvalue weighted by Crippen LogP contribution is -2.45. The zero-order valence-electron chi connectivity index (χ0n) is 16.7. The molecule has 1 heterocycles. The minimum Gasteiger partial charge on any atom is -0.496 e. The second-order valence-corrected chi connectivity index (χ2v) is 7.34. The molecule has 1 N–H and O–H groups in total. The number of aryl methyl sites for hydroxylation is 1. The first-order chi connectivity index (χ1) is 14.1. The van der Waals surface area contributed by atoms with Gasteiger partial charge in [0.2, 0.25) is 11.8 Å². The summed E-state index contributed by atoms with van der Waals surface area (Å²) in [7, 11) is 1.61. The first-order valence-corrected chi connectivity index (χ1v) is 9.98. The molecule has 0 radical (unpaired) electrons. The number of methoxy groups -OCH3 is 1. The number of nitrogens with zero attached hydrogens (tertiary/aromatic N) is 1. The smallest absolute Gasteiger partial charge is 0.224 e. The van der Waals surface area contributed by atoms with Gasteiger partial charge >= 0.3 is 0 Å². The lowest BCUT2D eigenvalue weighted by molar-refractivity contribution is -0.138. The summed E-state index contributed by atoms with van der Waals surface area (Å²) >= 11 is 0. The van der Waals surface area contributed by atoms with Crippen LogP contribution in [0.2, 0.25) is 0 Å². The number of carbonyl (C=O) groups excluding carboxylic acids is 2. The van der Waals surface area contributed by atoms with Crippen molar-refractivity contribution in [1.82, 2.24) is 10.2 Å². The molecule has 5 nitrogen and oxygen atoms in total. The largest absolute Gasteiger partial charge is 0.496 e. The number of rotatable bonds is 8. The Morgan fingerprint density at radius 2 is 1.97 bits per heavy atom. The van der Waals surface area contributed by atoms with Gasteiger partial charge in [-0.15, -0.1) is 0 Å². The van der Waals surface area contributed by atoms with Crippen molar-refractivity contribution < 1.29 is 18.7 Å². The molecule has 2 amide bonds. The van der Waals surface area contributed by atoms with Crippen molar-refractivity contribution in [1.29, 1.82) is 0 Å². The van der Waals surface area contributed by atoms with Crippen molar-refractivity contribution in [3.8, 4) is 5.75 Å². The number of likely N-dealkylation sites (tertiary alicyclic amines) is 1. The monoisotopic (exact) mass is 398 g/mol. The standard InChI is InChI=1S/C23H27FN2O3/c1-29-21-7-3-2-6-18(21)15-26-16-19(10-13-22(26)27)23(28)25-14-4-5-17-8-11-20(24)12-9-17/h2-3,6-9,11-12,19H,4-5,10,13-16H2,1H3,(H,25,28)/t19-/m1/s1. The van der Waals surface area contributed by atoms with E-state index in [9.17, 15) is 14.0 Å². The van der Waals surface area contributed by atoms with E-state index in [2.05, 4.69) is 5.32 Å². The summed E-state index contributed by atoms with van der Waals surface area (Å²) in [5.41, 5.74) is 1.98. The van der Waals surface area contributed by atoms with Gasteiger partial charge in [0.1, 0.15) is 11.6 Å². The predicted octanol–water partition coefficient (Wildman–Crippen LogP) is 3.32. The van der Waals surface area contributed by atoms with E-state index in [0.717, 1.165) is 29.7 Å². The van der Waals surface area contributed by atoms with Crippen LogP contribution in [0.5, 0.6) is 5.75 Å². The zero-order valence-corrected chi connectivity index (χ0v) is 16.7. The lowest BCUT2D eigenvalue weighted by Gasteiger charge is -2.32.